The van der Waals surface area contributed by atoms with Gasteiger partial charge in [-0.3, -0.25) is 10.1 Å². The second-order valence-corrected chi connectivity index (χ2v) is 4.14. The van der Waals surface area contributed by atoms with Gasteiger partial charge in [-0.15, -0.1) is 0 Å². The number of hydrogen-bond donors (Lipinski definition) is 0. The fraction of sp³-hybridized carbons (Fsp3) is 0. The van der Waals surface area contributed by atoms with Crippen LogP contribution in [0.25, 0.3) is 0 Å². The number of halogens is 2. The largest absolute Gasteiger partial charge is 0.453 e. The maximum Gasteiger partial charge on any atom is 0.272 e. The molecule has 0 heterocycles. The summed E-state index contributed by atoms with van der Waals surface area (Å²) in [5.74, 6) is -0.916. The van der Waals surface area contributed by atoms with Gasteiger partial charge in [0, 0.05) is 6.07 Å². The molecule has 0 unspecified atom stereocenters. The number of nitriles is 1. The Morgan fingerprint density at radius 1 is 1.25 bits per heavy atom. The van der Waals surface area contributed by atoms with E-state index >= 15 is 0 Å². The van der Waals surface area contributed by atoms with Crippen molar-refractivity contribution in [1.29, 1.82) is 5.26 Å². The molecule has 5 nitrogen and oxygen atoms in total. The van der Waals surface area contributed by atoms with Crippen LogP contribution in [0.15, 0.2) is 36.4 Å². The average molecular weight is 293 g/mol. The first-order valence-electron chi connectivity index (χ1n) is 5.32. The Labute approximate surface area is 117 Å². The van der Waals surface area contributed by atoms with E-state index in [4.69, 9.17) is 21.6 Å². The zero-order valence-corrected chi connectivity index (χ0v) is 10.6. The monoisotopic (exact) mass is 292 g/mol. The van der Waals surface area contributed by atoms with Crippen molar-refractivity contribution in [3.8, 4) is 17.6 Å². The van der Waals surface area contributed by atoms with Crippen LogP contribution in [-0.4, -0.2) is 4.92 Å². The predicted octanol–water partition coefficient (Wildman–Crippen LogP) is 4.05. The molecule has 2 aromatic rings. The second kappa shape index (κ2) is 5.55. The highest BCUT2D eigenvalue weighted by Gasteiger charge is 2.13. The average Bonchev–Trinajstić information content (AvgIpc) is 2.42. The molecule has 0 saturated heterocycles. The van der Waals surface area contributed by atoms with E-state index in [-0.39, 0.29) is 22.2 Å². The summed E-state index contributed by atoms with van der Waals surface area (Å²) in [5, 5.41) is 19.3. The van der Waals surface area contributed by atoms with Gasteiger partial charge in [-0.25, -0.2) is 4.39 Å². The van der Waals surface area contributed by atoms with Gasteiger partial charge in [-0.1, -0.05) is 11.6 Å². The van der Waals surface area contributed by atoms with Crippen LogP contribution >= 0.6 is 11.6 Å². The molecule has 0 aliphatic heterocycles. The molecular formula is C13H6ClFN2O3. The van der Waals surface area contributed by atoms with Crippen molar-refractivity contribution in [3.05, 3.63) is 62.9 Å². The molecule has 0 spiro atoms. The summed E-state index contributed by atoms with van der Waals surface area (Å²) in [6.45, 7) is 0. The summed E-state index contributed by atoms with van der Waals surface area (Å²) in [6.07, 6.45) is 0. The summed E-state index contributed by atoms with van der Waals surface area (Å²) in [6, 6.07) is 9.18. The molecule has 0 fully saturated rings. The summed E-state index contributed by atoms with van der Waals surface area (Å²) < 4.78 is 18.9. The number of benzene rings is 2. The molecule has 100 valence electrons. The Morgan fingerprint density at radius 2 is 1.95 bits per heavy atom. The maximum absolute atomic E-state index is 13.6. The summed E-state index contributed by atoms with van der Waals surface area (Å²) >= 11 is 5.89. The van der Waals surface area contributed by atoms with Crippen molar-refractivity contribution >= 4 is 17.3 Å². The standard InChI is InChI=1S/C13H6ClFN2O3/c14-10-5-8(7-16)1-3-12(10)20-13-4-2-9(17(18)19)6-11(13)15/h1-6H. The van der Waals surface area contributed by atoms with Crippen LogP contribution in [0.3, 0.4) is 0 Å². The third kappa shape index (κ3) is 2.84. The van der Waals surface area contributed by atoms with E-state index in [1.165, 1.54) is 18.2 Å². The molecule has 0 radical (unpaired) electrons. The molecule has 7 heteroatoms. The number of nitrogens with zero attached hydrogens (tertiary/aromatic N) is 2. The Bertz CT molecular complexity index is 728. The van der Waals surface area contributed by atoms with E-state index < -0.39 is 10.7 Å². The lowest BCUT2D eigenvalue weighted by Crippen LogP contribution is -1.93. The van der Waals surface area contributed by atoms with Gasteiger partial charge in [-0.05, 0) is 24.3 Å². The van der Waals surface area contributed by atoms with E-state index in [0.29, 0.717) is 5.56 Å². The van der Waals surface area contributed by atoms with Crippen molar-refractivity contribution in [2.45, 2.75) is 0 Å². The molecule has 0 amide bonds. The highest BCUT2D eigenvalue weighted by Crippen LogP contribution is 2.32. The number of hydrogen-bond acceptors (Lipinski definition) is 4. The molecule has 0 aromatic heterocycles. The summed E-state index contributed by atoms with van der Waals surface area (Å²) in [7, 11) is 0. The smallest absolute Gasteiger partial charge is 0.272 e. The van der Waals surface area contributed by atoms with Crippen LogP contribution in [0, 0.1) is 27.3 Å². The normalized spacial score (nSPS) is 9.85. The quantitative estimate of drug-likeness (QED) is 0.631. The minimum atomic E-state index is -0.875. The molecule has 0 aliphatic rings. The van der Waals surface area contributed by atoms with Crippen LogP contribution in [0.1, 0.15) is 5.56 Å². The molecule has 0 saturated carbocycles. The van der Waals surface area contributed by atoms with Crippen LogP contribution in [0.2, 0.25) is 5.02 Å². The van der Waals surface area contributed by atoms with Gasteiger partial charge < -0.3 is 4.74 Å². The number of rotatable bonds is 3. The van der Waals surface area contributed by atoms with E-state index in [9.17, 15) is 14.5 Å². The van der Waals surface area contributed by atoms with E-state index in [2.05, 4.69) is 0 Å². The number of non-ortho nitro benzene ring substituents is 1. The fourth-order valence-electron chi connectivity index (χ4n) is 1.46. The van der Waals surface area contributed by atoms with Gasteiger partial charge in [0.05, 0.1) is 27.6 Å². The number of ether oxygens (including phenoxy) is 1. The van der Waals surface area contributed by atoms with Crippen LogP contribution in [0.4, 0.5) is 10.1 Å². The van der Waals surface area contributed by atoms with Crippen molar-refractivity contribution in [1.82, 2.24) is 0 Å². The van der Waals surface area contributed by atoms with Crippen molar-refractivity contribution in [2.24, 2.45) is 0 Å². The Morgan fingerprint density at radius 3 is 2.50 bits per heavy atom. The molecule has 20 heavy (non-hydrogen) atoms. The zero-order chi connectivity index (χ0) is 14.7. The van der Waals surface area contributed by atoms with Gasteiger partial charge in [0.15, 0.2) is 11.6 Å². The number of nitro groups is 1. The third-order valence-electron chi connectivity index (χ3n) is 2.41. The van der Waals surface area contributed by atoms with Gasteiger partial charge in [0.2, 0.25) is 0 Å². The van der Waals surface area contributed by atoms with E-state index in [0.717, 1.165) is 18.2 Å². The third-order valence-corrected chi connectivity index (χ3v) is 2.70. The van der Waals surface area contributed by atoms with Crippen molar-refractivity contribution in [2.75, 3.05) is 0 Å². The molecule has 0 N–H and O–H groups in total. The second-order valence-electron chi connectivity index (χ2n) is 3.73. The minimum Gasteiger partial charge on any atom is -0.453 e. The highest BCUT2D eigenvalue weighted by molar-refractivity contribution is 6.32. The van der Waals surface area contributed by atoms with E-state index in [1.807, 2.05) is 6.07 Å². The van der Waals surface area contributed by atoms with Gasteiger partial charge in [0.25, 0.3) is 5.69 Å². The molecular weight excluding hydrogens is 287 g/mol. The van der Waals surface area contributed by atoms with Crippen LogP contribution < -0.4 is 4.74 Å². The first kappa shape index (κ1) is 13.8. The fourth-order valence-corrected chi connectivity index (χ4v) is 1.68. The zero-order valence-electron chi connectivity index (χ0n) is 9.84. The molecule has 2 aromatic carbocycles. The Kier molecular flexibility index (Phi) is 3.82. The van der Waals surface area contributed by atoms with Crippen molar-refractivity contribution in [3.63, 3.8) is 0 Å². The van der Waals surface area contributed by atoms with Gasteiger partial charge in [0.1, 0.15) is 5.75 Å². The molecule has 0 aliphatic carbocycles. The van der Waals surface area contributed by atoms with Crippen molar-refractivity contribution < 1.29 is 14.1 Å². The van der Waals surface area contributed by atoms with Crippen LogP contribution in [0.5, 0.6) is 11.5 Å². The Balaban J connectivity index is 2.31. The van der Waals surface area contributed by atoms with Gasteiger partial charge >= 0.3 is 0 Å². The van der Waals surface area contributed by atoms with E-state index in [1.54, 1.807) is 0 Å². The first-order valence-corrected chi connectivity index (χ1v) is 5.70. The first-order chi connectivity index (χ1) is 9.51. The lowest BCUT2D eigenvalue weighted by molar-refractivity contribution is -0.385. The van der Waals surface area contributed by atoms with Crippen LogP contribution in [-0.2, 0) is 0 Å². The molecule has 2 rings (SSSR count). The molecule has 0 bridgehead atoms. The number of nitro benzene ring substituents is 1. The SMILES string of the molecule is N#Cc1ccc(Oc2ccc([N+](=O)[O-])cc2F)c(Cl)c1. The molecule has 0 atom stereocenters. The predicted molar refractivity (Wildman–Crippen MR) is 69.3 cm³/mol. The summed E-state index contributed by atoms with van der Waals surface area (Å²) in [4.78, 5) is 9.79. The lowest BCUT2D eigenvalue weighted by atomic mass is 10.2. The summed E-state index contributed by atoms with van der Waals surface area (Å²) in [5.41, 5.74) is -0.0349. The highest BCUT2D eigenvalue weighted by atomic mass is 35.5. The lowest BCUT2D eigenvalue weighted by Gasteiger charge is -2.08. The van der Waals surface area contributed by atoms with Gasteiger partial charge in [-0.2, -0.15) is 5.26 Å². The maximum atomic E-state index is 13.6. The Hall–Kier alpha value is -2.65. The minimum absolute atomic E-state index is 0.141. The topological polar surface area (TPSA) is 76.2 Å².